The first-order valence-corrected chi connectivity index (χ1v) is 9.66. The SMILES string of the molecule is CCNC(=NCC1(N(C)C)CCOCC1)Nc1ccc(OC)c(OCC)c1. The van der Waals surface area contributed by atoms with Gasteiger partial charge in [-0.1, -0.05) is 0 Å². The van der Waals surface area contributed by atoms with Gasteiger partial charge in [-0.05, 0) is 52.9 Å². The molecule has 1 heterocycles. The maximum Gasteiger partial charge on any atom is 0.195 e. The van der Waals surface area contributed by atoms with Gasteiger partial charge >= 0.3 is 0 Å². The third-order valence-corrected chi connectivity index (χ3v) is 4.97. The molecule has 0 aromatic heterocycles. The molecule has 1 fully saturated rings. The van der Waals surface area contributed by atoms with Crippen molar-refractivity contribution in [2.75, 3.05) is 59.4 Å². The number of likely N-dealkylation sites (N-methyl/N-ethyl adjacent to an activating group) is 1. The van der Waals surface area contributed by atoms with E-state index in [1.165, 1.54) is 0 Å². The fraction of sp³-hybridized carbons (Fsp3) is 0.650. The molecular formula is C20H34N4O3. The number of anilines is 1. The van der Waals surface area contributed by atoms with E-state index in [-0.39, 0.29) is 5.54 Å². The van der Waals surface area contributed by atoms with Crippen molar-refractivity contribution in [2.45, 2.75) is 32.2 Å². The van der Waals surface area contributed by atoms with Gasteiger partial charge in [0.2, 0.25) is 0 Å². The second kappa shape index (κ2) is 10.4. The van der Waals surface area contributed by atoms with Crippen molar-refractivity contribution in [3.63, 3.8) is 0 Å². The summed E-state index contributed by atoms with van der Waals surface area (Å²) in [6.45, 7) is 7.68. The Balaban J connectivity index is 2.16. The molecule has 1 saturated heterocycles. The summed E-state index contributed by atoms with van der Waals surface area (Å²) in [5, 5.41) is 6.70. The summed E-state index contributed by atoms with van der Waals surface area (Å²) < 4.78 is 16.6. The number of guanidine groups is 1. The molecule has 1 aromatic carbocycles. The number of nitrogens with zero attached hydrogens (tertiary/aromatic N) is 2. The van der Waals surface area contributed by atoms with Gasteiger partial charge in [0.25, 0.3) is 0 Å². The number of methoxy groups -OCH3 is 1. The summed E-state index contributed by atoms with van der Waals surface area (Å²) >= 11 is 0. The molecule has 1 aliphatic rings. The number of hydrogen-bond acceptors (Lipinski definition) is 5. The largest absolute Gasteiger partial charge is 0.493 e. The lowest BCUT2D eigenvalue weighted by molar-refractivity contribution is -0.00251. The second-order valence-corrected chi connectivity index (χ2v) is 6.85. The van der Waals surface area contributed by atoms with E-state index in [4.69, 9.17) is 19.2 Å². The van der Waals surface area contributed by atoms with Crippen molar-refractivity contribution < 1.29 is 14.2 Å². The molecule has 1 aromatic rings. The fourth-order valence-corrected chi connectivity index (χ4v) is 3.19. The van der Waals surface area contributed by atoms with Crippen LogP contribution < -0.4 is 20.1 Å². The van der Waals surface area contributed by atoms with E-state index < -0.39 is 0 Å². The summed E-state index contributed by atoms with van der Waals surface area (Å²) in [7, 11) is 5.89. The van der Waals surface area contributed by atoms with Gasteiger partial charge in [-0.2, -0.15) is 0 Å². The molecule has 0 atom stereocenters. The van der Waals surface area contributed by atoms with Crippen LogP contribution in [0.25, 0.3) is 0 Å². The van der Waals surface area contributed by atoms with Crippen LogP contribution in [0, 0.1) is 0 Å². The summed E-state index contributed by atoms with van der Waals surface area (Å²) in [5.41, 5.74) is 0.946. The van der Waals surface area contributed by atoms with E-state index in [1.54, 1.807) is 7.11 Å². The third kappa shape index (κ3) is 5.74. The Bertz CT molecular complexity index is 613. The minimum Gasteiger partial charge on any atom is -0.493 e. The second-order valence-electron chi connectivity index (χ2n) is 6.85. The lowest BCUT2D eigenvalue weighted by Gasteiger charge is -2.41. The van der Waals surface area contributed by atoms with E-state index in [9.17, 15) is 0 Å². The standard InChI is InChI=1S/C20H34N4O3/c1-6-21-19(22-15-20(24(3)4)10-12-26-13-11-20)23-16-8-9-17(25-5)18(14-16)27-7-2/h8-9,14H,6-7,10-13,15H2,1-5H3,(H2,21,22,23). The Morgan fingerprint density at radius 2 is 1.96 bits per heavy atom. The molecule has 2 N–H and O–H groups in total. The summed E-state index contributed by atoms with van der Waals surface area (Å²) in [6, 6.07) is 5.80. The van der Waals surface area contributed by atoms with Crippen LogP contribution in [-0.2, 0) is 4.74 Å². The first kappa shape index (κ1) is 21.3. The lowest BCUT2D eigenvalue weighted by atomic mass is 9.89. The summed E-state index contributed by atoms with van der Waals surface area (Å²) in [4.78, 5) is 7.15. The molecule has 7 heteroatoms. The number of nitrogens with one attached hydrogen (secondary N) is 2. The topological polar surface area (TPSA) is 67.4 Å². The van der Waals surface area contributed by atoms with Crippen LogP contribution in [0.5, 0.6) is 11.5 Å². The molecular weight excluding hydrogens is 344 g/mol. The summed E-state index contributed by atoms with van der Waals surface area (Å²) in [5.74, 6) is 2.20. The van der Waals surface area contributed by atoms with Crippen molar-refractivity contribution in [3.05, 3.63) is 18.2 Å². The Hall–Kier alpha value is -1.99. The van der Waals surface area contributed by atoms with Crippen molar-refractivity contribution >= 4 is 11.6 Å². The van der Waals surface area contributed by atoms with Crippen LogP contribution in [0.15, 0.2) is 23.2 Å². The highest BCUT2D eigenvalue weighted by Crippen LogP contribution is 2.30. The van der Waals surface area contributed by atoms with E-state index in [0.717, 1.165) is 55.7 Å². The van der Waals surface area contributed by atoms with E-state index in [1.807, 2.05) is 25.1 Å². The van der Waals surface area contributed by atoms with E-state index in [0.29, 0.717) is 13.2 Å². The Kier molecular flexibility index (Phi) is 8.19. The average Bonchev–Trinajstić information content (AvgIpc) is 2.67. The van der Waals surface area contributed by atoms with E-state index >= 15 is 0 Å². The zero-order valence-electron chi connectivity index (χ0n) is 17.3. The maximum atomic E-state index is 5.67. The highest BCUT2D eigenvalue weighted by Gasteiger charge is 2.34. The van der Waals surface area contributed by atoms with Crippen molar-refractivity contribution in [2.24, 2.45) is 4.99 Å². The molecule has 0 unspecified atom stereocenters. The summed E-state index contributed by atoms with van der Waals surface area (Å²) in [6.07, 6.45) is 1.97. The predicted molar refractivity (Wildman–Crippen MR) is 110 cm³/mol. The zero-order valence-corrected chi connectivity index (χ0v) is 17.3. The number of benzene rings is 1. The van der Waals surface area contributed by atoms with Crippen LogP contribution >= 0.6 is 0 Å². The molecule has 0 spiro atoms. The molecule has 7 nitrogen and oxygen atoms in total. The minimum absolute atomic E-state index is 0.0387. The fourth-order valence-electron chi connectivity index (χ4n) is 3.19. The maximum absolute atomic E-state index is 5.67. The molecule has 0 bridgehead atoms. The quantitative estimate of drug-likeness (QED) is 0.535. The molecule has 152 valence electrons. The van der Waals surface area contributed by atoms with Gasteiger partial charge in [-0.3, -0.25) is 4.99 Å². The van der Waals surface area contributed by atoms with Gasteiger partial charge in [0, 0.05) is 37.1 Å². The third-order valence-electron chi connectivity index (χ3n) is 4.97. The Morgan fingerprint density at radius 1 is 1.22 bits per heavy atom. The molecule has 1 aliphatic heterocycles. The van der Waals surface area contributed by atoms with Gasteiger partial charge in [0.1, 0.15) is 0 Å². The number of hydrogen-bond donors (Lipinski definition) is 2. The number of ether oxygens (including phenoxy) is 3. The van der Waals surface area contributed by atoms with E-state index in [2.05, 4.69) is 36.6 Å². The minimum atomic E-state index is 0.0387. The van der Waals surface area contributed by atoms with Crippen molar-refractivity contribution in [1.82, 2.24) is 10.2 Å². The van der Waals surface area contributed by atoms with Crippen molar-refractivity contribution in [3.8, 4) is 11.5 Å². The van der Waals surface area contributed by atoms with Crippen molar-refractivity contribution in [1.29, 1.82) is 0 Å². The van der Waals surface area contributed by atoms with Gasteiger partial charge in [0.05, 0.1) is 20.3 Å². The number of aliphatic imine (C=N–C) groups is 1. The van der Waals surface area contributed by atoms with Crippen LogP contribution in [0.4, 0.5) is 5.69 Å². The van der Waals surface area contributed by atoms with Crippen LogP contribution in [0.1, 0.15) is 26.7 Å². The first-order chi connectivity index (χ1) is 13.0. The van der Waals surface area contributed by atoms with Gasteiger partial charge in [0.15, 0.2) is 17.5 Å². The Labute approximate surface area is 163 Å². The average molecular weight is 379 g/mol. The molecule has 0 aliphatic carbocycles. The van der Waals surface area contributed by atoms with Gasteiger partial charge in [-0.15, -0.1) is 0 Å². The molecule has 0 amide bonds. The molecule has 27 heavy (non-hydrogen) atoms. The highest BCUT2D eigenvalue weighted by atomic mass is 16.5. The molecule has 0 saturated carbocycles. The van der Waals surface area contributed by atoms with Crippen LogP contribution in [0.3, 0.4) is 0 Å². The zero-order chi connectivity index (χ0) is 19.7. The van der Waals surface area contributed by atoms with Gasteiger partial charge < -0.3 is 29.7 Å². The Morgan fingerprint density at radius 3 is 2.56 bits per heavy atom. The molecule has 2 rings (SSSR count). The highest BCUT2D eigenvalue weighted by molar-refractivity contribution is 5.94. The lowest BCUT2D eigenvalue weighted by Crippen LogP contribution is -2.51. The van der Waals surface area contributed by atoms with Crippen LogP contribution in [-0.4, -0.2) is 70.5 Å². The van der Waals surface area contributed by atoms with Gasteiger partial charge in [-0.25, -0.2) is 0 Å². The first-order valence-electron chi connectivity index (χ1n) is 9.66. The monoisotopic (exact) mass is 378 g/mol. The normalized spacial score (nSPS) is 16.9. The molecule has 0 radical (unpaired) electrons. The smallest absolute Gasteiger partial charge is 0.195 e. The number of rotatable bonds is 8. The predicted octanol–water partition coefficient (Wildman–Crippen LogP) is 2.58. The van der Waals surface area contributed by atoms with Crippen LogP contribution in [0.2, 0.25) is 0 Å².